The molecule has 4 N–H and O–H groups in total. The largest absolute Gasteiger partial charge is 0.481 e. The van der Waals surface area contributed by atoms with E-state index in [2.05, 4.69) is 15.9 Å². The predicted octanol–water partition coefficient (Wildman–Crippen LogP) is 2.34. The van der Waals surface area contributed by atoms with E-state index in [0.717, 1.165) is 25.7 Å². The average molecular weight is 503 g/mol. The van der Waals surface area contributed by atoms with Crippen molar-refractivity contribution in [3.63, 3.8) is 0 Å². The highest BCUT2D eigenvalue weighted by Crippen LogP contribution is 2.17. The molecule has 0 saturated heterocycles. The van der Waals surface area contributed by atoms with E-state index < -0.39 is 48.0 Å². The molecule has 9 nitrogen and oxygen atoms in total. The summed E-state index contributed by atoms with van der Waals surface area (Å²) in [7, 11) is 4.04. The van der Waals surface area contributed by atoms with E-state index in [0.29, 0.717) is 12.1 Å². The first-order valence-electron chi connectivity index (χ1n) is 10.0. The molecule has 0 bridgehead atoms. The van der Waals surface area contributed by atoms with E-state index in [1.165, 1.54) is 17.0 Å². The van der Waals surface area contributed by atoms with E-state index >= 15 is 0 Å². The highest BCUT2D eigenvalue weighted by molar-refractivity contribution is 7.09. The second kappa shape index (κ2) is 13.7. The minimum atomic E-state index is -2.74. The molecule has 0 spiro atoms. The first-order valence-corrected chi connectivity index (χ1v) is 10.9. The van der Waals surface area contributed by atoms with Crippen LogP contribution >= 0.6 is 11.3 Å². The van der Waals surface area contributed by atoms with Crippen LogP contribution in [-0.4, -0.2) is 80.9 Å². The van der Waals surface area contributed by atoms with E-state index in [1.807, 2.05) is 25.5 Å². The number of hydrogen-bond acceptors (Lipinski definition) is 7. The van der Waals surface area contributed by atoms with E-state index in [4.69, 9.17) is 20.4 Å². The SMILES string of the molecule is CN(C)CCN(Cc1cc(F)cc(F)c1)Cc1cccs1.O=C(O)CC(O)(CC(=O)O)C(=O)O. The molecular formula is C22H28F2N2O7S. The lowest BCUT2D eigenvalue weighted by Crippen LogP contribution is -2.42. The number of carbonyl (C=O) groups is 3. The fourth-order valence-electron chi connectivity index (χ4n) is 2.85. The summed E-state index contributed by atoms with van der Waals surface area (Å²) in [6.45, 7) is 3.09. The Morgan fingerprint density at radius 3 is 1.91 bits per heavy atom. The zero-order valence-electron chi connectivity index (χ0n) is 18.8. The van der Waals surface area contributed by atoms with Gasteiger partial charge in [0.2, 0.25) is 0 Å². The molecule has 1 heterocycles. The summed E-state index contributed by atoms with van der Waals surface area (Å²) in [5, 5.41) is 35.9. The number of aliphatic carboxylic acids is 3. The molecule has 0 aliphatic rings. The van der Waals surface area contributed by atoms with Crippen LogP contribution in [0.2, 0.25) is 0 Å². The zero-order chi connectivity index (χ0) is 25.9. The highest BCUT2D eigenvalue weighted by Gasteiger charge is 2.40. The molecule has 0 atom stereocenters. The summed E-state index contributed by atoms with van der Waals surface area (Å²) in [4.78, 5) is 36.1. The lowest BCUT2D eigenvalue weighted by Gasteiger charge is -2.23. The van der Waals surface area contributed by atoms with Gasteiger partial charge in [0.05, 0.1) is 12.8 Å². The van der Waals surface area contributed by atoms with Gasteiger partial charge >= 0.3 is 17.9 Å². The Kier molecular flexibility index (Phi) is 11.7. The minimum Gasteiger partial charge on any atom is -0.481 e. The summed E-state index contributed by atoms with van der Waals surface area (Å²) in [6.07, 6.45) is -2.29. The number of aliphatic hydroxyl groups is 1. The van der Waals surface area contributed by atoms with Crippen LogP contribution in [-0.2, 0) is 27.5 Å². The Bertz CT molecular complexity index is 918. The summed E-state index contributed by atoms with van der Waals surface area (Å²) in [5.41, 5.74) is -2.07. The van der Waals surface area contributed by atoms with Crippen LogP contribution in [0.3, 0.4) is 0 Å². The summed E-state index contributed by atoms with van der Waals surface area (Å²) in [6, 6.07) is 7.82. The maximum Gasteiger partial charge on any atom is 0.336 e. The number of hydrogen-bond donors (Lipinski definition) is 4. The van der Waals surface area contributed by atoms with Gasteiger partial charge in [-0.05, 0) is 43.2 Å². The number of thiophene rings is 1. The molecule has 2 rings (SSSR count). The van der Waals surface area contributed by atoms with Gasteiger partial charge in [-0.3, -0.25) is 14.5 Å². The summed E-state index contributed by atoms with van der Waals surface area (Å²) < 4.78 is 26.6. The Morgan fingerprint density at radius 2 is 1.50 bits per heavy atom. The van der Waals surface area contributed by atoms with Crippen LogP contribution < -0.4 is 0 Å². The second-order valence-corrected chi connectivity index (χ2v) is 8.88. The van der Waals surface area contributed by atoms with Gasteiger partial charge in [-0.2, -0.15) is 0 Å². The van der Waals surface area contributed by atoms with Crippen molar-refractivity contribution in [2.45, 2.75) is 31.5 Å². The molecule has 12 heteroatoms. The number of benzene rings is 1. The molecule has 0 aliphatic carbocycles. The van der Waals surface area contributed by atoms with Crippen molar-refractivity contribution in [3.05, 3.63) is 57.8 Å². The number of carboxylic acids is 3. The van der Waals surface area contributed by atoms with Crippen LogP contribution in [0.4, 0.5) is 8.78 Å². The second-order valence-electron chi connectivity index (χ2n) is 7.85. The van der Waals surface area contributed by atoms with E-state index in [1.54, 1.807) is 11.3 Å². The molecule has 0 amide bonds. The van der Waals surface area contributed by atoms with Crippen molar-refractivity contribution in [2.75, 3.05) is 27.2 Å². The lowest BCUT2D eigenvalue weighted by molar-refractivity contribution is -0.170. The van der Waals surface area contributed by atoms with Gasteiger partial charge < -0.3 is 25.3 Å². The zero-order valence-corrected chi connectivity index (χ0v) is 19.6. The first kappa shape index (κ1) is 29.1. The Balaban J connectivity index is 0.000000385. The van der Waals surface area contributed by atoms with Gasteiger partial charge in [0.25, 0.3) is 0 Å². The van der Waals surface area contributed by atoms with Crippen molar-refractivity contribution in [1.29, 1.82) is 0 Å². The summed E-state index contributed by atoms with van der Waals surface area (Å²) >= 11 is 1.70. The van der Waals surface area contributed by atoms with Gasteiger partial charge in [-0.15, -0.1) is 11.3 Å². The molecule has 0 aliphatic heterocycles. The molecule has 0 unspecified atom stereocenters. The molecular weight excluding hydrogens is 474 g/mol. The number of likely N-dealkylation sites (N-methyl/N-ethyl adjacent to an activating group) is 1. The molecule has 2 aromatic rings. The molecule has 0 saturated carbocycles. The number of carboxylic acid groups (broad SMARTS) is 3. The fraction of sp³-hybridized carbons (Fsp3) is 0.409. The number of halogens is 2. The van der Waals surface area contributed by atoms with E-state index in [-0.39, 0.29) is 0 Å². The number of rotatable bonds is 12. The molecule has 1 aromatic carbocycles. The van der Waals surface area contributed by atoms with Gasteiger partial charge in [0.15, 0.2) is 5.60 Å². The topological polar surface area (TPSA) is 139 Å². The normalized spacial score (nSPS) is 11.3. The first-order chi connectivity index (χ1) is 15.8. The maximum absolute atomic E-state index is 13.3. The Labute approximate surface area is 199 Å². The van der Waals surface area contributed by atoms with Crippen LogP contribution in [0, 0.1) is 11.6 Å². The number of nitrogens with zero attached hydrogens (tertiary/aromatic N) is 2. The van der Waals surface area contributed by atoms with Crippen molar-refractivity contribution < 1.29 is 43.6 Å². The molecule has 0 fully saturated rings. The van der Waals surface area contributed by atoms with Gasteiger partial charge in [0.1, 0.15) is 11.6 Å². The lowest BCUT2D eigenvalue weighted by atomic mass is 9.96. The Morgan fingerprint density at radius 1 is 0.941 bits per heavy atom. The van der Waals surface area contributed by atoms with Crippen molar-refractivity contribution in [2.24, 2.45) is 0 Å². The van der Waals surface area contributed by atoms with Gasteiger partial charge in [-0.25, -0.2) is 13.6 Å². The quantitative estimate of drug-likeness (QED) is 0.344. The van der Waals surface area contributed by atoms with E-state index in [9.17, 15) is 23.2 Å². The fourth-order valence-corrected chi connectivity index (χ4v) is 3.60. The average Bonchev–Trinajstić information content (AvgIpc) is 3.17. The molecule has 188 valence electrons. The third-order valence-electron chi connectivity index (χ3n) is 4.44. The van der Waals surface area contributed by atoms with Crippen LogP contribution in [0.1, 0.15) is 23.3 Å². The third-order valence-corrected chi connectivity index (χ3v) is 5.30. The van der Waals surface area contributed by atoms with Gasteiger partial charge in [0, 0.05) is 37.1 Å². The van der Waals surface area contributed by atoms with Crippen molar-refractivity contribution in [1.82, 2.24) is 9.80 Å². The van der Waals surface area contributed by atoms with Gasteiger partial charge in [-0.1, -0.05) is 6.07 Å². The molecule has 0 radical (unpaired) electrons. The predicted molar refractivity (Wildman–Crippen MR) is 120 cm³/mol. The summed E-state index contributed by atoms with van der Waals surface area (Å²) in [5.74, 6) is -6.06. The maximum atomic E-state index is 13.3. The molecule has 34 heavy (non-hydrogen) atoms. The van der Waals surface area contributed by atoms with Crippen LogP contribution in [0.15, 0.2) is 35.7 Å². The minimum absolute atomic E-state index is 0.520. The third kappa shape index (κ3) is 11.3. The highest BCUT2D eigenvalue weighted by atomic mass is 32.1. The smallest absolute Gasteiger partial charge is 0.336 e. The van der Waals surface area contributed by atoms with Crippen molar-refractivity contribution in [3.8, 4) is 0 Å². The van der Waals surface area contributed by atoms with Crippen LogP contribution in [0.5, 0.6) is 0 Å². The standard InChI is InChI=1S/C16H20F2N2S.C6H8O7/c1-19(2)5-6-20(12-16-4-3-7-21-16)11-13-8-14(17)10-15(18)9-13;7-3(8)1-6(13,5(11)12)2-4(9)10/h3-4,7-10H,5-6,11-12H2,1-2H3;13H,1-2H2,(H,7,8)(H,9,10)(H,11,12). The monoisotopic (exact) mass is 502 g/mol. The molecule has 1 aromatic heterocycles. The Hall–Kier alpha value is -2.93. The van der Waals surface area contributed by atoms with Crippen LogP contribution in [0.25, 0.3) is 0 Å². The van der Waals surface area contributed by atoms with Crippen molar-refractivity contribution >= 4 is 29.2 Å².